The molecular weight excluding hydrogens is 502 g/mol. The molecule has 202 valence electrons. The first-order valence-corrected chi connectivity index (χ1v) is 13.5. The van der Waals surface area contributed by atoms with Gasteiger partial charge in [0, 0.05) is 98.1 Å². The van der Waals surface area contributed by atoms with Crippen LogP contribution in [0.25, 0.3) is 22.2 Å². The Hall–Kier alpha value is -4.75. The Morgan fingerprint density at radius 2 is 1.98 bits per heavy atom. The van der Waals surface area contributed by atoms with Crippen LogP contribution in [0.15, 0.2) is 66.3 Å². The molecule has 6 heterocycles. The fraction of sp³-hybridized carbons (Fsp3) is 0.300. The zero-order valence-electron chi connectivity index (χ0n) is 22.5. The summed E-state index contributed by atoms with van der Waals surface area (Å²) in [6.45, 7) is 5.35. The van der Waals surface area contributed by atoms with Crippen LogP contribution in [0.2, 0.25) is 0 Å². The minimum atomic E-state index is 0.519. The first-order valence-electron chi connectivity index (χ1n) is 13.5. The number of ether oxygens (including phenoxy) is 1. The average molecular weight is 534 g/mol. The Morgan fingerprint density at radius 3 is 2.62 bits per heavy atom. The van der Waals surface area contributed by atoms with E-state index in [0.717, 1.165) is 91.4 Å². The molecule has 0 amide bonds. The SMILES string of the molecule is COc1ccc(CN2CCN(c3ccc(-c4cc(C(=CN)C5=NCCC5)cn5ncc(C#N)c45)cn3)CC2)cn1. The molecule has 0 atom stereocenters. The lowest BCUT2D eigenvalue weighted by atomic mass is 9.97. The fourth-order valence-electron chi connectivity index (χ4n) is 5.44. The van der Waals surface area contributed by atoms with E-state index >= 15 is 0 Å². The standard InChI is InChI=1S/C30H31N9O/c1-40-29-7-4-21(16-35-29)19-37-9-11-38(12-10-37)28-6-5-22(17-34-28)25-13-23(26(15-32)27-3-2-8-33-27)20-39-30(25)24(14-31)18-36-39/h4-7,13,15-18,20H,2-3,8-12,19,32H2,1H3. The Bertz CT molecular complexity index is 1610. The number of nitriles is 1. The molecule has 0 spiro atoms. The second kappa shape index (κ2) is 11.2. The minimum absolute atomic E-state index is 0.519. The number of pyridine rings is 3. The third kappa shape index (κ3) is 4.99. The highest BCUT2D eigenvalue weighted by molar-refractivity contribution is 6.24. The van der Waals surface area contributed by atoms with E-state index in [1.165, 1.54) is 5.56 Å². The molecule has 0 radical (unpaired) electrons. The summed E-state index contributed by atoms with van der Waals surface area (Å²) >= 11 is 0. The number of piperazine rings is 1. The summed E-state index contributed by atoms with van der Waals surface area (Å²) in [5.41, 5.74) is 13.2. The highest BCUT2D eigenvalue weighted by atomic mass is 16.5. The van der Waals surface area contributed by atoms with Gasteiger partial charge in [0.05, 0.1) is 24.4 Å². The highest BCUT2D eigenvalue weighted by Crippen LogP contribution is 2.32. The van der Waals surface area contributed by atoms with Gasteiger partial charge in [0.1, 0.15) is 11.9 Å². The first-order chi connectivity index (χ1) is 19.7. The van der Waals surface area contributed by atoms with Gasteiger partial charge in [-0.15, -0.1) is 0 Å². The molecule has 6 rings (SSSR count). The number of aromatic nitrogens is 4. The highest BCUT2D eigenvalue weighted by Gasteiger charge is 2.21. The lowest BCUT2D eigenvalue weighted by Crippen LogP contribution is -2.46. The van der Waals surface area contributed by atoms with Crippen molar-refractivity contribution in [2.75, 3.05) is 44.7 Å². The van der Waals surface area contributed by atoms with Crippen molar-refractivity contribution in [2.45, 2.75) is 19.4 Å². The first kappa shape index (κ1) is 25.5. The molecule has 4 aromatic heterocycles. The third-order valence-electron chi connectivity index (χ3n) is 7.56. The van der Waals surface area contributed by atoms with E-state index in [9.17, 15) is 5.26 Å². The number of nitrogens with two attached hydrogens (primary N) is 1. The van der Waals surface area contributed by atoms with Crippen LogP contribution in [0.3, 0.4) is 0 Å². The van der Waals surface area contributed by atoms with E-state index in [1.807, 2.05) is 24.7 Å². The molecule has 2 aliphatic heterocycles. The lowest BCUT2D eigenvalue weighted by Gasteiger charge is -2.35. The normalized spacial score (nSPS) is 16.2. The summed E-state index contributed by atoms with van der Waals surface area (Å²) in [5, 5.41) is 14.2. The number of nitrogens with zero attached hydrogens (tertiary/aromatic N) is 8. The predicted molar refractivity (Wildman–Crippen MR) is 155 cm³/mol. The van der Waals surface area contributed by atoms with Crippen molar-refractivity contribution in [3.8, 4) is 23.1 Å². The van der Waals surface area contributed by atoms with Crippen LogP contribution in [0.4, 0.5) is 5.82 Å². The van der Waals surface area contributed by atoms with E-state index in [2.05, 4.69) is 55.2 Å². The van der Waals surface area contributed by atoms with Crippen LogP contribution < -0.4 is 15.4 Å². The largest absolute Gasteiger partial charge is 0.481 e. The van der Waals surface area contributed by atoms with Crippen molar-refractivity contribution in [2.24, 2.45) is 10.7 Å². The Kier molecular flexibility index (Phi) is 7.12. The molecule has 40 heavy (non-hydrogen) atoms. The van der Waals surface area contributed by atoms with E-state index in [0.29, 0.717) is 11.4 Å². The molecule has 10 nitrogen and oxygen atoms in total. The summed E-state index contributed by atoms with van der Waals surface area (Å²) in [5.74, 6) is 1.57. The Balaban J connectivity index is 1.22. The number of anilines is 1. The van der Waals surface area contributed by atoms with Gasteiger partial charge >= 0.3 is 0 Å². The molecule has 4 aromatic rings. The molecule has 1 saturated heterocycles. The van der Waals surface area contributed by atoms with Gasteiger partial charge in [-0.1, -0.05) is 6.07 Å². The fourth-order valence-corrected chi connectivity index (χ4v) is 5.44. The maximum atomic E-state index is 9.76. The lowest BCUT2D eigenvalue weighted by molar-refractivity contribution is 0.249. The van der Waals surface area contributed by atoms with Crippen LogP contribution in [0, 0.1) is 11.3 Å². The predicted octanol–water partition coefficient (Wildman–Crippen LogP) is 3.53. The maximum absolute atomic E-state index is 9.76. The molecule has 0 unspecified atom stereocenters. The number of hydrogen-bond acceptors (Lipinski definition) is 9. The van der Waals surface area contributed by atoms with E-state index in [-0.39, 0.29) is 0 Å². The van der Waals surface area contributed by atoms with Crippen molar-refractivity contribution < 1.29 is 4.74 Å². The summed E-state index contributed by atoms with van der Waals surface area (Å²) in [6, 6.07) is 12.5. The van der Waals surface area contributed by atoms with Gasteiger partial charge in [0.2, 0.25) is 5.88 Å². The number of rotatable bonds is 7. The molecule has 0 aromatic carbocycles. The van der Waals surface area contributed by atoms with Gasteiger partial charge in [-0.25, -0.2) is 14.5 Å². The van der Waals surface area contributed by atoms with E-state index in [4.69, 9.17) is 15.5 Å². The second-order valence-electron chi connectivity index (χ2n) is 10.00. The molecular formula is C30H31N9O. The number of hydrogen-bond donors (Lipinski definition) is 1. The smallest absolute Gasteiger partial charge is 0.212 e. The van der Waals surface area contributed by atoms with Gasteiger partial charge in [-0.2, -0.15) is 10.4 Å². The monoisotopic (exact) mass is 533 g/mol. The van der Waals surface area contributed by atoms with Gasteiger partial charge < -0.3 is 15.4 Å². The number of aliphatic imine (C=N–C) groups is 1. The molecule has 2 N–H and O–H groups in total. The maximum Gasteiger partial charge on any atom is 0.212 e. The van der Waals surface area contributed by atoms with Crippen LogP contribution in [-0.2, 0) is 6.54 Å². The molecule has 1 fully saturated rings. The molecule has 2 aliphatic rings. The zero-order chi connectivity index (χ0) is 27.5. The van der Waals surface area contributed by atoms with Crippen molar-refractivity contribution in [1.29, 1.82) is 5.26 Å². The Labute approximate surface area is 233 Å². The number of fused-ring (bicyclic) bond motifs is 1. The van der Waals surface area contributed by atoms with Crippen LogP contribution in [0.5, 0.6) is 5.88 Å². The van der Waals surface area contributed by atoms with Crippen molar-refractivity contribution in [3.05, 3.63) is 78.0 Å². The number of allylic oxidation sites excluding steroid dienone is 1. The van der Waals surface area contributed by atoms with E-state index in [1.54, 1.807) is 24.0 Å². The van der Waals surface area contributed by atoms with Gasteiger partial charge in [-0.3, -0.25) is 9.89 Å². The molecule has 10 heteroatoms. The molecule has 0 bridgehead atoms. The molecule has 0 aliphatic carbocycles. The second-order valence-corrected chi connectivity index (χ2v) is 10.00. The number of methoxy groups -OCH3 is 1. The zero-order valence-corrected chi connectivity index (χ0v) is 22.5. The van der Waals surface area contributed by atoms with Crippen molar-refractivity contribution in [1.82, 2.24) is 24.5 Å². The van der Waals surface area contributed by atoms with Gasteiger partial charge in [0.25, 0.3) is 0 Å². The summed E-state index contributed by atoms with van der Waals surface area (Å²) in [7, 11) is 1.63. The van der Waals surface area contributed by atoms with E-state index < -0.39 is 0 Å². The Morgan fingerprint density at radius 1 is 1.10 bits per heavy atom. The summed E-state index contributed by atoms with van der Waals surface area (Å²) in [4.78, 5) is 18.5. The van der Waals surface area contributed by atoms with Crippen molar-refractivity contribution in [3.63, 3.8) is 0 Å². The van der Waals surface area contributed by atoms with Crippen LogP contribution in [-0.4, -0.2) is 70.0 Å². The third-order valence-corrected chi connectivity index (χ3v) is 7.56. The topological polar surface area (TPSA) is 121 Å². The quantitative estimate of drug-likeness (QED) is 0.383. The van der Waals surface area contributed by atoms with Crippen molar-refractivity contribution >= 4 is 22.6 Å². The van der Waals surface area contributed by atoms with Gasteiger partial charge in [-0.05, 0) is 36.6 Å². The summed E-state index contributed by atoms with van der Waals surface area (Å²) < 4.78 is 6.92. The van der Waals surface area contributed by atoms with Crippen LogP contribution in [0.1, 0.15) is 29.5 Å². The van der Waals surface area contributed by atoms with Gasteiger partial charge in [0.15, 0.2) is 0 Å². The summed E-state index contributed by atoms with van der Waals surface area (Å²) in [6.07, 6.45) is 10.8. The minimum Gasteiger partial charge on any atom is -0.481 e. The van der Waals surface area contributed by atoms with Crippen LogP contribution >= 0.6 is 0 Å². The average Bonchev–Trinajstić information content (AvgIpc) is 3.69. The molecule has 0 saturated carbocycles.